The van der Waals surface area contributed by atoms with Gasteiger partial charge in [0, 0.05) is 76.8 Å². The van der Waals surface area contributed by atoms with Gasteiger partial charge in [-0.2, -0.15) is 0 Å². The van der Waals surface area contributed by atoms with Crippen molar-refractivity contribution < 1.29 is 9.53 Å². The maximum Gasteiger partial charge on any atom is 0.410 e. The third kappa shape index (κ3) is 6.69. The molecule has 0 unspecified atom stereocenters. The zero-order chi connectivity index (χ0) is 27.6. The predicted octanol–water partition coefficient (Wildman–Crippen LogP) is 4.12. The summed E-state index contributed by atoms with van der Waals surface area (Å²) in [6, 6.07) is 12.3. The van der Waals surface area contributed by atoms with E-state index in [1.54, 1.807) is 11.2 Å². The molecule has 1 fully saturated rings. The number of carbonyl (C=O) groups is 1. The molecule has 0 bridgehead atoms. The minimum atomic E-state index is -0.476. The lowest BCUT2D eigenvalue weighted by atomic mass is 10.1. The van der Waals surface area contributed by atoms with Crippen LogP contribution in [-0.2, 0) is 17.7 Å². The van der Waals surface area contributed by atoms with Gasteiger partial charge in [-0.1, -0.05) is 6.07 Å². The Labute approximate surface area is 229 Å². The van der Waals surface area contributed by atoms with Gasteiger partial charge in [0.2, 0.25) is 0 Å². The van der Waals surface area contributed by atoms with Crippen LogP contribution < -0.4 is 4.90 Å². The minimum Gasteiger partial charge on any atom is -0.444 e. The van der Waals surface area contributed by atoms with Crippen LogP contribution in [0.5, 0.6) is 0 Å². The summed E-state index contributed by atoms with van der Waals surface area (Å²) in [6.45, 7) is 9.45. The zero-order valence-electron chi connectivity index (χ0n) is 23.3. The molecule has 5 rings (SSSR count). The molecule has 0 radical (unpaired) electrons. The number of imidazole rings is 1. The number of pyridine rings is 1. The maximum atomic E-state index is 12.4. The van der Waals surface area contributed by atoms with E-state index in [4.69, 9.17) is 9.72 Å². The van der Waals surface area contributed by atoms with E-state index in [2.05, 4.69) is 43.0 Å². The molecular formula is C29H36N8O2. The second-order valence-corrected chi connectivity index (χ2v) is 11.1. The number of benzene rings is 1. The van der Waals surface area contributed by atoms with Crippen molar-refractivity contribution in [3.8, 4) is 11.3 Å². The van der Waals surface area contributed by atoms with Crippen molar-refractivity contribution in [2.75, 3.05) is 45.2 Å². The normalized spacial score (nSPS) is 14.5. The predicted molar refractivity (Wildman–Crippen MR) is 152 cm³/mol. The maximum absolute atomic E-state index is 12.4. The van der Waals surface area contributed by atoms with Crippen LogP contribution in [0.4, 0.5) is 10.6 Å². The van der Waals surface area contributed by atoms with Gasteiger partial charge in [0.1, 0.15) is 23.6 Å². The highest BCUT2D eigenvalue weighted by atomic mass is 16.6. The first-order valence-electron chi connectivity index (χ1n) is 13.3. The van der Waals surface area contributed by atoms with Gasteiger partial charge >= 0.3 is 6.09 Å². The van der Waals surface area contributed by atoms with Crippen LogP contribution >= 0.6 is 0 Å². The SMILES string of the molecule is CN(C)c1cc(-c2ccc3nc(Cc4cc(CN5CCN(C(=O)OC(C)(C)C)CC5)ccn4)[nH]c3c2)ncn1. The number of H-pyrrole nitrogens is 1. The minimum absolute atomic E-state index is 0.235. The Balaban J connectivity index is 1.22. The van der Waals surface area contributed by atoms with Gasteiger partial charge in [0.25, 0.3) is 0 Å². The number of fused-ring (bicyclic) bond motifs is 1. The van der Waals surface area contributed by atoms with Crippen molar-refractivity contribution in [3.05, 3.63) is 66.0 Å². The number of aromatic amines is 1. The largest absolute Gasteiger partial charge is 0.444 e. The van der Waals surface area contributed by atoms with E-state index in [9.17, 15) is 4.79 Å². The summed E-state index contributed by atoms with van der Waals surface area (Å²) >= 11 is 0. The number of carbonyl (C=O) groups excluding carboxylic acids is 1. The molecule has 1 amide bonds. The Morgan fingerprint density at radius 2 is 1.82 bits per heavy atom. The van der Waals surface area contributed by atoms with Gasteiger partial charge in [0.15, 0.2) is 0 Å². The molecule has 10 heteroatoms. The summed E-state index contributed by atoms with van der Waals surface area (Å²) in [7, 11) is 3.93. The fraction of sp³-hybridized carbons (Fsp3) is 0.414. The monoisotopic (exact) mass is 528 g/mol. The summed E-state index contributed by atoms with van der Waals surface area (Å²) in [4.78, 5) is 40.1. The molecule has 1 saturated heterocycles. The fourth-order valence-corrected chi connectivity index (χ4v) is 4.62. The molecule has 3 aromatic heterocycles. The smallest absolute Gasteiger partial charge is 0.410 e. The van der Waals surface area contributed by atoms with Crippen molar-refractivity contribution in [3.63, 3.8) is 0 Å². The van der Waals surface area contributed by atoms with E-state index in [0.29, 0.717) is 19.5 Å². The molecule has 204 valence electrons. The van der Waals surface area contributed by atoms with Crippen molar-refractivity contribution in [2.45, 2.75) is 39.3 Å². The number of piperazine rings is 1. The third-order valence-electron chi connectivity index (χ3n) is 6.60. The molecule has 0 saturated carbocycles. The lowest BCUT2D eigenvalue weighted by molar-refractivity contribution is 0.0139. The summed E-state index contributed by atoms with van der Waals surface area (Å²) in [5.41, 5.74) is 5.44. The van der Waals surface area contributed by atoms with Crippen molar-refractivity contribution >= 4 is 22.9 Å². The number of nitrogens with one attached hydrogen (secondary N) is 1. The van der Waals surface area contributed by atoms with Crippen molar-refractivity contribution in [1.82, 2.24) is 34.7 Å². The van der Waals surface area contributed by atoms with Crippen LogP contribution in [0.3, 0.4) is 0 Å². The lowest BCUT2D eigenvalue weighted by Gasteiger charge is -2.35. The molecule has 0 atom stereocenters. The molecule has 1 aliphatic rings. The van der Waals surface area contributed by atoms with Crippen LogP contribution in [0.25, 0.3) is 22.3 Å². The van der Waals surface area contributed by atoms with Crippen molar-refractivity contribution in [2.24, 2.45) is 0 Å². The number of hydrogen-bond acceptors (Lipinski definition) is 8. The molecule has 1 aliphatic heterocycles. The molecule has 10 nitrogen and oxygen atoms in total. The standard InChI is InChI=1S/C29H36N8O2/c1-29(2,3)39-28(38)37-12-10-36(11-13-37)18-20-8-9-30-22(14-20)16-26-33-23-7-6-21(15-25(23)34-26)24-17-27(35(4)5)32-19-31-24/h6-9,14-15,17,19H,10-13,16,18H2,1-5H3,(H,33,34). The number of amides is 1. The van der Waals surface area contributed by atoms with E-state index in [1.165, 1.54) is 5.56 Å². The first kappa shape index (κ1) is 26.6. The van der Waals surface area contributed by atoms with E-state index in [1.807, 2.05) is 64.2 Å². The molecule has 4 heterocycles. The summed E-state index contributed by atoms with van der Waals surface area (Å²) in [5.74, 6) is 1.73. The Bertz CT molecular complexity index is 1450. The average molecular weight is 529 g/mol. The first-order valence-corrected chi connectivity index (χ1v) is 13.3. The summed E-state index contributed by atoms with van der Waals surface area (Å²) in [5, 5.41) is 0. The number of rotatable bonds is 6. The lowest BCUT2D eigenvalue weighted by Crippen LogP contribution is -2.49. The molecule has 1 aromatic carbocycles. The Morgan fingerprint density at radius 3 is 2.56 bits per heavy atom. The molecular weight excluding hydrogens is 492 g/mol. The molecule has 0 spiro atoms. The highest BCUT2D eigenvalue weighted by Gasteiger charge is 2.25. The zero-order valence-corrected chi connectivity index (χ0v) is 23.3. The second kappa shape index (κ2) is 11.0. The Morgan fingerprint density at radius 1 is 1.03 bits per heavy atom. The summed E-state index contributed by atoms with van der Waals surface area (Å²) < 4.78 is 5.51. The molecule has 0 aliphatic carbocycles. The number of anilines is 1. The van der Waals surface area contributed by atoms with Gasteiger partial charge in [-0.25, -0.2) is 19.7 Å². The Kier molecular flexibility index (Phi) is 7.47. The number of nitrogens with zero attached hydrogens (tertiary/aromatic N) is 7. The van der Waals surface area contributed by atoms with E-state index in [-0.39, 0.29) is 6.09 Å². The average Bonchev–Trinajstić information content (AvgIpc) is 3.30. The van der Waals surface area contributed by atoms with Gasteiger partial charge in [-0.05, 0) is 50.6 Å². The van der Waals surface area contributed by atoms with Crippen LogP contribution in [0.15, 0.2) is 48.9 Å². The van der Waals surface area contributed by atoms with Crippen LogP contribution in [-0.4, -0.2) is 86.7 Å². The van der Waals surface area contributed by atoms with E-state index < -0.39 is 5.60 Å². The topological polar surface area (TPSA) is 103 Å². The van der Waals surface area contributed by atoms with Crippen molar-refractivity contribution in [1.29, 1.82) is 0 Å². The van der Waals surface area contributed by atoms with Crippen LogP contribution in [0, 0.1) is 0 Å². The fourth-order valence-electron chi connectivity index (χ4n) is 4.62. The summed E-state index contributed by atoms with van der Waals surface area (Å²) in [6.07, 6.45) is 3.83. The Hall–Kier alpha value is -4.05. The van der Waals surface area contributed by atoms with Gasteiger partial charge in [-0.3, -0.25) is 9.88 Å². The van der Waals surface area contributed by atoms with Gasteiger partial charge in [-0.15, -0.1) is 0 Å². The number of aromatic nitrogens is 5. The quantitative estimate of drug-likeness (QED) is 0.399. The molecule has 39 heavy (non-hydrogen) atoms. The molecule has 4 aromatic rings. The first-order chi connectivity index (χ1) is 18.6. The van der Waals surface area contributed by atoms with Gasteiger partial charge < -0.3 is 19.5 Å². The van der Waals surface area contributed by atoms with Crippen LogP contribution in [0.1, 0.15) is 37.9 Å². The third-order valence-corrected chi connectivity index (χ3v) is 6.60. The highest BCUT2D eigenvalue weighted by Crippen LogP contribution is 2.24. The number of ether oxygens (including phenoxy) is 1. The van der Waals surface area contributed by atoms with Crippen LogP contribution in [0.2, 0.25) is 0 Å². The second-order valence-electron chi connectivity index (χ2n) is 11.1. The van der Waals surface area contributed by atoms with E-state index >= 15 is 0 Å². The number of hydrogen-bond donors (Lipinski definition) is 1. The molecule has 1 N–H and O–H groups in total. The highest BCUT2D eigenvalue weighted by molar-refractivity contribution is 5.81. The van der Waals surface area contributed by atoms with E-state index in [0.717, 1.165) is 59.3 Å². The van der Waals surface area contributed by atoms with Gasteiger partial charge in [0.05, 0.1) is 16.7 Å².